The molecule has 0 aliphatic carbocycles. The van der Waals surface area contributed by atoms with Gasteiger partial charge in [0.2, 0.25) is 0 Å². The molecule has 0 amide bonds. The number of ether oxygens (including phenoxy) is 1. The zero-order valence-electron chi connectivity index (χ0n) is 10.3. The van der Waals surface area contributed by atoms with Gasteiger partial charge in [-0.15, -0.1) is 11.3 Å². The minimum absolute atomic E-state index is 0.153. The van der Waals surface area contributed by atoms with E-state index in [2.05, 4.69) is 6.92 Å². The van der Waals surface area contributed by atoms with Crippen molar-refractivity contribution in [3.05, 3.63) is 52.2 Å². The van der Waals surface area contributed by atoms with Crippen LogP contribution in [0.3, 0.4) is 0 Å². The Morgan fingerprint density at radius 1 is 1.18 bits per heavy atom. The lowest BCUT2D eigenvalue weighted by Crippen LogP contribution is -1.83. The predicted octanol–water partition coefficient (Wildman–Crippen LogP) is 3.95. The highest BCUT2D eigenvalue weighted by atomic mass is 32.1. The molecule has 0 aliphatic rings. The second kappa shape index (κ2) is 6.86. The Balaban J connectivity index is 0.000000171. The largest absolute Gasteiger partial charge is 0.497 e. The van der Waals surface area contributed by atoms with E-state index in [1.807, 2.05) is 41.8 Å². The number of thiophene rings is 1. The molecule has 90 valence electrons. The molecule has 0 saturated heterocycles. The summed E-state index contributed by atoms with van der Waals surface area (Å²) in [6, 6.07) is 11.7. The number of aryl methyl sites for hydroxylation is 1. The molecular formula is C14H16O2S. The summed E-state index contributed by atoms with van der Waals surface area (Å²) >= 11 is 1.48. The second-order valence-corrected chi connectivity index (χ2v) is 4.50. The van der Waals surface area contributed by atoms with Gasteiger partial charge in [0, 0.05) is 0 Å². The first kappa shape index (κ1) is 13.5. The number of methoxy groups -OCH3 is 1. The van der Waals surface area contributed by atoms with E-state index >= 15 is 0 Å². The van der Waals surface area contributed by atoms with E-state index in [0.29, 0.717) is 0 Å². The molecule has 1 aromatic carbocycles. The lowest BCUT2D eigenvalue weighted by atomic mass is 10.2. The van der Waals surface area contributed by atoms with Crippen LogP contribution in [0.5, 0.6) is 5.75 Å². The normalized spacial score (nSPS) is 9.12. The van der Waals surface area contributed by atoms with E-state index in [9.17, 15) is 4.79 Å². The number of benzene rings is 1. The van der Waals surface area contributed by atoms with Gasteiger partial charge in [0.1, 0.15) is 5.75 Å². The molecule has 0 aliphatic heterocycles. The van der Waals surface area contributed by atoms with E-state index < -0.39 is 0 Å². The van der Waals surface area contributed by atoms with Crippen molar-refractivity contribution in [1.29, 1.82) is 0 Å². The molecule has 0 N–H and O–H groups in total. The van der Waals surface area contributed by atoms with Gasteiger partial charge >= 0.3 is 0 Å². The Kier molecular flexibility index (Phi) is 5.43. The van der Waals surface area contributed by atoms with Crippen LogP contribution in [0.15, 0.2) is 41.8 Å². The third-order valence-electron chi connectivity index (χ3n) is 2.12. The van der Waals surface area contributed by atoms with Crippen LogP contribution in [-0.4, -0.2) is 12.9 Å². The van der Waals surface area contributed by atoms with E-state index in [-0.39, 0.29) is 5.78 Å². The van der Waals surface area contributed by atoms with Gasteiger partial charge in [-0.05, 0) is 37.4 Å². The molecule has 2 nitrogen and oxygen atoms in total. The molecule has 0 spiro atoms. The third-order valence-corrected chi connectivity index (χ3v) is 3.10. The first-order chi connectivity index (χ1) is 8.13. The first-order valence-electron chi connectivity index (χ1n) is 5.28. The monoisotopic (exact) mass is 248 g/mol. The lowest BCUT2D eigenvalue weighted by molar-refractivity contribution is 0.102. The topological polar surface area (TPSA) is 26.3 Å². The van der Waals surface area contributed by atoms with Gasteiger partial charge in [0.25, 0.3) is 0 Å². The van der Waals surface area contributed by atoms with Crippen LogP contribution in [0.4, 0.5) is 0 Å². The predicted molar refractivity (Wildman–Crippen MR) is 72.1 cm³/mol. The first-order valence-corrected chi connectivity index (χ1v) is 6.16. The van der Waals surface area contributed by atoms with Gasteiger partial charge < -0.3 is 4.74 Å². The number of ketones is 1. The minimum atomic E-state index is 0.153. The molecule has 3 heteroatoms. The molecular weight excluding hydrogens is 232 g/mol. The van der Waals surface area contributed by atoms with Crippen molar-refractivity contribution in [1.82, 2.24) is 0 Å². The highest BCUT2D eigenvalue weighted by Gasteiger charge is 1.95. The smallest absolute Gasteiger partial charge is 0.169 e. The van der Waals surface area contributed by atoms with E-state index in [1.54, 1.807) is 14.0 Å². The molecule has 17 heavy (non-hydrogen) atoms. The Morgan fingerprint density at radius 2 is 1.82 bits per heavy atom. The summed E-state index contributed by atoms with van der Waals surface area (Å²) in [7, 11) is 1.67. The van der Waals surface area contributed by atoms with Gasteiger partial charge in [-0.1, -0.05) is 23.8 Å². The van der Waals surface area contributed by atoms with Crippen LogP contribution in [0.2, 0.25) is 0 Å². The van der Waals surface area contributed by atoms with Crippen LogP contribution in [0.25, 0.3) is 0 Å². The van der Waals surface area contributed by atoms with E-state index in [4.69, 9.17) is 4.74 Å². The average Bonchev–Trinajstić information content (AvgIpc) is 2.84. The molecule has 1 aromatic heterocycles. The van der Waals surface area contributed by atoms with Crippen LogP contribution in [0.1, 0.15) is 22.2 Å². The molecule has 0 atom stereocenters. The van der Waals surface area contributed by atoms with Crippen LogP contribution in [0, 0.1) is 6.92 Å². The highest BCUT2D eigenvalue weighted by Crippen LogP contribution is 2.09. The van der Waals surface area contributed by atoms with Gasteiger partial charge in [-0.25, -0.2) is 0 Å². The molecule has 1 heterocycles. The number of Topliss-reactive ketones (excluding diaryl/α,β-unsaturated/α-hetero) is 1. The standard InChI is InChI=1S/C8H10O.C6H6OS/c1-7-3-5-8(9-2)6-4-7;1-5(7)6-3-2-4-8-6/h3-6H,1-2H3;2-4H,1H3. The number of rotatable bonds is 2. The summed E-state index contributed by atoms with van der Waals surface area (Å²) in [5, 5.41) is 1.90. The molecule has 2 rings (SSSR count). The summed E-state index contributed by atoms with van der Waals surface area (Å²) in [6.45, 7) is 3.63. The number of carbonyl (C=O) groups is 1. The number of hydrogen-bond acceptors (Lipinski definition) is 3. The highest BCUT2D eigenvalue weighted by molar-refractivity contribution is 7.12. The summed E-state index contributed by atoms with van der Waals surface area (Å²) in [5.41, 5.74) is 1.26. The zero-order valence-corrected chi connectivity index (χ0v) is 11.1. The van der Waals surface area contributed by atoms with Crippen molar-refractivity contribution >= 4 is 17.1 Å². The van der Waals surface area contributed by atoms with Crippen LogP contribution >= 0.6 is 11.3 Å². The summed E-state index contributed by atoms with van der Waals surface area (Å²) in [6.07, 6.45) is 0. The molecule has 0 saturated carbocycles. The minimum Gasteiger partial charge on any atom is -0.497 e. The fourth-order valence-corrected chi connectivity index (χ4v) is 1.78. The second-order valence-electron chi connectivity index (χ2n) is 3.55. The quantitative estimate of drug-likeness (QED) is 0.752. The molecule has 0 bridgehead atoms. The lowest BCUT2D eigenvalue weighted by Gasteiger charge is -1.97. The third kappa shape index (κ3) is 4.83. The van der Waals surface area contributed by atoms with Gasteiger partial charge in [0.05, 0.1) is 12.0 Å². The maximum atomic E-state index is 10.5. The number of carbonyl (C=O) groups excluding carboxylic acids is 1. The van der Waals surface area contributed by atoms with Crippen molar-refractivity contribution in [3.63, 3.8) is 0 Å². The van der Waals surface area contributed by atoms with E-state index in [1.165, 1.54) is 16.9 Å². The summed E-state index contributed by atoms with van der Waals surface area (Å²) in [4.78, 5) is 11.4. The van der Waals surface area contributed by atoms with Crippen molar-refractivity contribution in [2.75, 3.05) is 7.11 Å². The van der Waals surface area contributed by atoms with Crippen LogP contribution < -0.4 is 4.74 Å². The summed E-state index contributed by atoms with van der Waals surface area (Å²) < 4.78 is 4.97. The molecule has 2 aromatic rings. The van der Waals surface area contributed by atoms with Crippen molar-refractivity contribution in [3.8, 4) is 5.75 Å². The Labute approximate surface area is 106 Å². The van der Waals surface area contributed by atoms with Gasteiger partial charge in [-0.2, -0.15) is 0 Å². The average molecular weight is 248 g/mol. The van der Waals surface area contributed by atoms with Crippen LogP contribution in [-0.2, 0) is 0 Å². The summed E-state index contributed by atoms with van der Waals surface area (Å²) in [5.74, 6) is 1.07. The van der Waals surface area contributed by atoms with Crippen molar-refractivity contribution < 1.29 is 9.53 Å². The molecule has 0 fully saturated rings. The number of hydrogen-bond donors (Lipinski definition) is 0. The maximum Gasteiger partial charge on any atom is 0.169 e. The Morgan fingerprint density at radius 3 is 2.18 bits per heavy atom. The van der Waals surface area contributed by atoms with Crippen molar-refractivity contribution in [2.45, 2.75) is 13.8 Å². The van der Waals surface area contributed by atoms with E-state index in [0.717, 1.165) is 10.6 Å². The SMILES string of the molecule is CC(=O)c1cccs1.COc1ccc(C)cc1. The van der Waals surface area contributed by atoms with Gasteiger partial charge in [0.15, 0.2) is 5.78 Å². The Hall–Kier alpha value is -1.61. The fourth-order valence-electron chi connectivity index (χ4n) is 1.15. The fraction of sp³-hybridized carbons (Fsp3) is 0.214. The zero-order chi connectivity index (χ0) is 12.7. The van der Waals surface area contributed by atoms with Crippen molar-refractivity contribution in [2.24, 2.45) is 0 Å². The van der Waals surface area contributed by atoms with Gasteiger partial charge in [-0.3, -0.25) is 4.79 Å². The molecule has 0 radical (unpaired) electrons. The maximum absolute atomic E-state index is 10.5. The Bertz CT molecular complexity index is 444. The molecule has 0 unspecified atom stereocenters.